The van der Waals surface area contributed by atoms with Crippen LogP contribution in [0.4, 0.5) is 17.5 Å². The van der Waals surface area contributed by atoms with Crippen LogP contribution in [0, 0.1) is 6.92 Å². The van der Waals surface area contributed by atoms with E-state index in [0.717, 1.165) is 43.5 Å². The van der Waals surface area contributed by atoms with E-state index in [2.05, 4.69) is 32.1 Å². The maximum absolute atomic E-state index is 11.7. The van der Waals surface area contributed by atoms with E-state index >= 15 is 0 Å². The summed E-state index contributed by atoms with van der Waals surface area (Å²) in [6.07, 6.45) is 0. The largest absolute Gasteiger partial charge is 0.465 e. The summed E-state index contributed by atoms with van der Waals surface area (Å²) in [6.45, 7) is 5.79. The number of likely N-dealkylation sites (N-methyl/N-ethyl adjacent to an activating group) is 1. The number of carbonyl (C=O) groups is 1. The van der Waals surface area contributed by atoms with Crippen molar-refractivity contribution in [2.75, 3.05) is 50.6 Å². The van der Waals surface area contributed by atoms with Gasteiger partial charge in [0.15, 0.2) is 0 Å². The number of piperazine rings is 1. The predicted octanol–water partition coefficient (Wildman–Crippen LogP) is 2.07. The summed E-state index contributed by atoms with van der Waals surface area (Å²) in [6, 6.07) is 9.06. The highest BCUT2D eigenvalue weighted by Crippen LogP contribution is 2.20. The molecule has 0 bridgehead atoms. The molecule has 7 nitrogen and oxygen atoms in total. The molecule has 132 valence electrons. The molecule has 0 radical (unpaired) electrons. The zero-order valence-corrected chi connectivity index (χ0v) is 14.8. The van der Waals surface area contributed by atoms with Crippen LogP contribution in [0.3, 0.4) is 0 Å². The Morgan fingerprint density at radius 3 is 2.64 bits per heavy atom. The van der Waals surface area contributed by atoms with E-state index < -0.39 is 0 Å². The van der Waals surface area contributed by atoms with Gasteiger partial charge in [-0.2, -0.15) is 4.98 Å². The minimum atomic E-state index is -0.361. The number of benzene rings is 1. The third kappa shape index (κ3) is 4.24. The topological polar surface area (TPSA) is 70.6 Å². The molecule has 7 heteroatoms. The second-order valence-electron chi connectivity index (χ2n) is 6.18. The Labute approximate surface area is 147 Å². The lowest BCUT2D eigenvalue weighted by molar-refractivity contribution is 0.0601. The molecule has 1 aliphatic heterocycles. The van der Waals surface area contributed by atoms with Gasteiger partial charge in [0.2, 0.25) is 5.95 Å². The van der Waals surface area contributed by atoms with Crippen molar-refractivity contribution in [2.24, 2.45) is 0 Å². The molecule has 0 saturated carbocycles. The molecule has 1 aromatic heterocycles. The number of methoxy groups -OCH3 is 1. The fraction of sp³-hybridized carbons (Fsp3) is 0.389. The first kappa shape index (κ1) is 17.2. The second kappa shape index (κ2) is 7.48. The standard InChI is InChI=1S/C18H23N5O2/c1-13-11-16(20-15-6-4-5-14(12-15)17(24)25-3)21-18(19-13)23-9-7-22(2)8-10-23/h4-6,11-12H,7-10H2,1-3H3,(H,19,20,21). The average molecular weight is 341 g/mol. The van der Waals surface area contributed by atoms with E-state index in [9.17, 15) is 4.79 Å². The van der Waals surface area contributed by atoms with Gasteiger partial charge in [0.1, 0.15) is 5.82 Å². The van der Waals surface area contributed by atoms with E-state index in [1.807, 2.05) is 25.1 Å². The molecule has 1 aliphatic rings. The number of hydrogen-bond donors (Lipinski definition) is 1. The summed E-state index contributed by atoms with van der Waals surface area (Å²) in [5, 5.41) is 3.26. The fourth-order valence-electron chi connectivity index (χ4n) is 2.75. The van der Waals surface area contributed by atoms with Crippen molar-refractivity contribution in [1.82, 2.24) is 14.9 Å². The lowest BCUT2D eigenvalue weighted by Gasteiger charge is -2.32. The highest BCUT2D eigenvalue weighted by atomic mass is 16.5. The highest BCUT2D eigenvalue weighted by Gasteiger charge is 2.17. The molecule has 25 heavy (non-hydrogen) atoms. The van der Waals surface area contributed by atoms with E-state index in [1.165, 1.54) is 7.11 Å². The predicted molar refractivity (Wildman–Crippen MR) is 97.5 cm³/mol. The van der Waals surface area contributed by atoms with Crippen molar-refractivity contribution in [1.29, 1.82) is 0 Å². The number of esters is 1. The lowest BCUT2D eigenvalue weighted by Crippen LogP contribution is -2.45. The molecule has 0 atom stereocenters. The number of hydrogen-bond acceptors (Lipinski definition) is 7. The number of aromatic nitrogens is 2. The minimum Gasteiger partial charge on any atom is -0.465 e. The smallest absolute Gasteiger partial charge is 0.337 e. The Balaban J connectivity index is 1.80. The molecule has 0 amide bonds. The monoisotopic (exact) mass is 341 g/mol. The first-order chi connectivity index (χ1) is 12.0. The first-order valence-corrected chi connectivity index (χ1v) is 8.30. The van der Waals surface area contributed by atoms with Crippen molar-refractivity contribution in [3.8, 4) is 0 Å². The maximum atomic E-state index is 11.7. The maximum Gasteiger partial charge on any atom is 0.337 e. The zero-order chi connectivity index (χ0) is 17.8. The molecule has 1 aromatic carbocycles. The fourth-order valence-corrected chi connectivity index (χ4v) is 2.75. The Kier molecular flexibility index (Phi) is 5.14. The third-order valence-electron chi connectivity index (χ3n) is 4.18. The van der Waals surface area contributed by atoms with Gasteiger partial charge < -0.3 is 19.9 Å². The molecule has 1 N–H and O–H groups in total. The van der Waals surface area contributed by atoms with E-state index in [-0.39, 0.29) is 5.97 Å². The number of ether oxygens (including phenoxy) is 1. The normalized spacial score (nSPS) is 15.1. The van der Waals surface area contributed by atoms with Crippen LogP contribution in [0.5, 0.6) is 0 Å². The van der Waals surface area contributed by atoms with Crippen molar-refractivity contribution in [2.45, 2.75) is 6.92 Å². The molecule has 0 spiro atoms. The molecule has 0 aliphatic carbocycles. The molecule has 1 saturated heterocycles. The van der Waals surface area contributed by atoms with Crippen LogP contribution in [0.1, 0.15) is 16.1 Å². The summed E-state index contributed by atoms with van der Waals surface area (Å²) in [5.74, 6) is 1.09. The molecule has 3 rings (SSSR count). The number of anilines is 3. The van der Waals surface area contributed by atoms with Gasteiger partial charge in [0, 0.05) is 43.6 Å². The van der Waals surface area contributed by atoms with Crippen LogP contribution in [0.15, 0.2) is 30.3 Å². The van der Waals surface area contributed by atoms with Crippen molar-refractivity contribution in [3.05, 3.63) is 41.6 Å². The number of nitrogens with one attached hydrogen (secondary N) is 1. The van der Waals surface area contributed by atoms with Gasteiger partial charge in [-0.05, 0) is 32.2 Å². The summed E-state index contributed by atoms with van der Waals surface area (Å²) in [7, 11) is 3.49. The van der Waals surface area contributed by atoms with Crippen LogP contribution < -0.4 is 10.2 Å². The SMILES string of the molecule is COC(=O)c1cccc(Nc2cc(C)nc(N3CCN(C)CC3)n2)c1. The van der Waals surface area contributed by atoms with Crippen molar-refractivity contribution < 1.29 is 9.53 Å². The quantitative estimate of drug-likeness (QED) is 0.854. The van der Waals surface area contributed by atoms with Crippen LogP contribution in [-0.4, -0.2) is 61.2 Å². The van der Waals surface area contributed by atoms with Gasteiger partial charge in [-0.25, -0.2) is 9.78 Å². The Hall–Kier alpha value is -2.67. The zero-order valence-electron chi connectivity index (χ0n) is 14.8. The summed E-state index contributed by atoms with van der Waals surface area (Å²) < 4.78 is 4.76. The third-order valence-corrected chi connectivity index (χ3v) is 4.18. The lowest BCUT2D eigenvalue weighted by atomic mass is 10.2. The van der Waals surface area contributed by atoms with Crippen molar-refractivity contribution >= 4 is 23.4 Å². The van der Waals surface area contributed by atoms with Gasteiger partial charge in [0.25, 0.3) is 0 Å². The van der Waals surface area contributed by atoms with E-state index in [0.29, 0.717) is 11.4 Å². The van der Waals surface area contributed by atoms with E-state index in [4.69, 9.17) is 4.74 Å². The van der Waals surface area contributed by atoms with Crippen LogP contribution in [0.25, 0.3) is 0 Å². The molecular formula is C18H23N5O2. The summed E-state index contributed by atoms with van der Waals surface area (Å²) >= 11 is 0. The van der Waals surface area contributed by atoms with Gasteiger partial charge in [-0.3, -0.25) is 0 Å². The molecule has 2 aromatic rings. The van der Waals surface area contributed by atoms with Gasteiger partial charge >= 0.3 is 5.97 Å². The second-order valence-corrected chi connectivity index (χ2v) is 6.18. The summed E-state index contributed by atoms with van der Waals surface area (Å²) in [4.78, 5) is 25.4. The molecular weight excluding hydrogens is 318 g/mol. The summed E-state index contributed by atoms with van der Waals surface area (Å²) in [5.41, 5.74) is 2.18. The highest BCUT2D eigenvalue weighted by molar-refractivity contribution is 5.90. The Morgan fingerprint density at radius 1 is 1.16 bits per heavy atom. The molecule has 2 heterocycles. The number of rotatable bonds is 4. The van der Waals surface area contributed by atoms with E-state index in [1.54, 1.807) is 12.1 Å². The van der Waals surface area contributed by atoms with Crippen LogP contribution in [-0.2, 0) is 4.74 Å². The average Bonchev–Trinajstić information content (AvgIpc) is 2.61. The number of aryl methyl sites for hydroxylation is 1. The molecule has 1 fully saturated rings. The van der Waals surface area contributed by atoms with Gasteiger partial charge in [-0.1, -0.05) is 6.07 Å². The minimum absolute atomic E-state index is 0.361. The first-order valence-electron chi connectivity index (χ1n) is 8.30. The number of carbonyl (C=O) groups excluding carboxylic acids is 1. The molecule has 0 unspecified atom stereocenters. The Bertz CT molecular complexity index is 757. The number of nitrogens with zero attached hydrogens (tertiary/aromatic N) is 4. The van der Waals surface area contributed by atoms with Crippen LogP contribution in [0.2, 0.25) is 0 Å². The van der Waals surface area contributed by atoms with Gasteiger partial charge in [-0.15, -0.1) is 0 Å². The Morgan fingerprint density at radius 2 is 1.92 bits per heavy atom. The van der Waals surface area contributed by atoms with Crippen molar-refractivity contribution in [3.63, 3.8) is 0 Å². The van der Waals surface area contributed by atoms with Gasteiger partial charge in [0.05, 0.1) is 12.7 Å². The van der Waals surface area contributed by atoms with Crippen LogP contribution >= 0.6 is 0 Å².